The van der Waals surface area contributed by atoms with Gasteiger partial charge in [0.25, 0.3) is 5.91 Å². The Balaban J connectivity index is 2.65. The quantitative estimate of drug-likeness (QED) is 0.754. The lowest BCUT2D eigenvalue weighted by Gasteiger charge is -2.01. The average Bonchev–Trinajstić information content (AvgIpc) is 2.50. The SMILES string of the molecule is CCC1=CC=C(C(=O)NCC(=O)O)C=CC1. The molecule has 1 rings (SSSR count). The van der Waals surface area contributed by atoms with Crippen LogP contribution in [0.2, 0.25) is 0 Å². The van der Waals surface area contributed by atoms with Crippen LogP contribution in [0.3, 0.4) is 0 Å². The Kier molecular flexibility index (Phi) is 4.51. The van der Waals surface area contributed by atoms with E-state index in [9.17, 15) is 9.59 Å². The van der Waals surface area contributed by atoms with E-state index in [4.69, 9.17) is 5.11 Å². The molecule has 1 amide bonds. The van der Waals surface area contributed by atoms with Gasteiger partial charge in [0.05, 0.1) is 0 Å². The van der Waals surface area contributed by atoms with Gasteiger partial charge in [0, 0.05) is 5.57 Å². The topological polar surface area (TPSA) is 66.4 Å². The Morgan fingerprint density at radius 2 is 2.19 bits per heavy atom. The first-order valence-electron chi connectivity index (χ1n) is 5.19. The summed E-state index contributed by atoms with van der Waals surface area (Å²) in [4.78, 5) is 21.8. The average molecular weight is 221 g/mol. The monoisotopic (exact) mass is 221 g/mol. The van der Waals surface area contributed by atoms with Crippen LogP contribution >= 0.6 is 0 Å². The molecule has 0 unspecified atom stereocenters. The van der Waals surface area contributed by atoms with Crippen LogP contribution in [0.5, 0.6) is 0 Å². The Morgan fingerprint density at radius 3 is 2.81 bits per heavy atom. The molecule has 0 heterocycles. The van der Waals surface area contributed by atoms with E-state index >= 15 is 0 Å². The van der Waals surface area contributed by atoms with Crippen molar-refractivity contribution in [2.45, 2.75) is 19.8 Å². The third kappa shape index (κ3) is 3.73. The first-order valence-corrected chi connectivity index (χ1v) is 5.19. The molecule has 86 valence electrons. The maximum absolute atomic E-state index is 11.5. The Labute approximate surface area is 94.3 Å². The summed E-state index contributed by atoms with van der Waals surface area (Å²) in [7, 11) is 0. The summed E-state index contributed by atoms with van der Waals surface area (Å²) in [5.74, 6) is -1.40. The number of allylic oxidation sites excluding steroid dienone is 4. The zero-order chi connectivity index (χ0) is 12.0. The van der Waals surface area contributed by atoms with Crippen LogP contribution in [0.15, 0.2) is 35.5 Å². The lowest BCUT2D eigenvalue weighted by molar-refractivity contribution is -0.137. The normalized spacial score (nSPS) is 14.8. The Morgan fingerprint density at radius 1 is 1.44 bits per heavy atom. The predicted molar refractivity (Wildman–Crippen MR) is 60.9 cm³/mol. The highest BCUT2D eigenvalue weighted by molar-refractivity contribution is 5.97. The molecule has 16 heavy (non-hydrogen) atoms. The molecule has 0 bridgehead atoms. The van der Waals surface area contributed by atoms with Gasteiger partial charge in [0.1, 0.15) is 6.54 Å². The number of carbonyl (C=O) groups is 2. The van der Waals surface area contributed by atoms with E-state index in [-0.39, 0.29) is 12.5 Å². The first-order chi connectivity index (χ1) is 7.63. The van der Waals surface area contributed by atoms with E-state index in [0.717, 1.165) is 12.8 Å². The molecule has 0 aliphatic heterocycles. The van der Waals surface area contributed by atoms with Gasteiger partial charge in [-0.25, -0.2) is 0 Å². The van der Waals surface area contributed by atoms with Crippen molar-refractivity contribution in [2.75, 3.05) is 6.54 Å². The number of hydrogen-bond donors (Lipinski definition) is 2. The molecule has 1 aliphatic carbocycles. The maximum atomic E-state index is 11.5. The van der Waals surface area contributed by atoms with Gasteiger partial charge < -0.3 is 10.4 Å². The molecule has 0 radical (unpaired) electrons. The summed E-state index contributed by atoms with van der Waals surface area (Å²) in [6.07, 6.45) is 9.05. The number of carboxylic acids is 1. The molecule has 0 fully saturated rings. The minimum atomic E-state index is -1.05. The maximum Gasteiger partial charge on any atom is 0.322 e. The van der Waals surface area contributed by atoms with E-state index in [1.54, 1.807) is 12.2 Å². The van der Waals surface area contributed by atoms with Crippen molar-refractivity contribution < 1.29 is 14.7 Å². The number of amides is 1. The zero-order valence-electron chi connectivity index (χ0n) is 9.19. The third-order valence-corrected chi connectivity index (χ3v) is 2.29. The van der Waals surface area contributed by atoms with Crippen LogP contribution in [0.25, 0.3) is 0 Å². The van der Waals surface area contributed by atoms with Crippen molar-refractivity contribution in [1.29, 1.82) is 0 Å². The molecular weight excluding hydrogens is 206 g/mol. The second-order valence-corrected chi connectivity index (χ2v) is 3.48. The molecule has 0 saturated heterocycles. The van der Waals surface area contributed by atoms with E-state index in [0.29, 0.717) is 5.57 Å². The van der Waals surface area contributed by atoms with Gasteiger partial charge in [0.2, 0.25) is 0 Å². The van der Waals surface area contributed by atoms with Crippen molar-refractivity contribution in [3.8, 4) is 0 Å². The van der Waals surface area contributed by atoms with Crippen molar-refractivity contribution in [3.63, 3.8) is 0 Å². The van der Waals surface area contributed by atoms with E-state index < -0.39 is 5.97 Å². The molecule has 0 saturated carbocycles. The molecule has 4 heteroatoms. The molecule has 2 N–H and O–H groups in total. The summed E-state index contributed by atoms with van der Waals surface area (Å²) in [5, 5.41) is 10.8. The number of carbonyl (C=O) groups excluding carboxylic acids is 1. The Hall–Kier alpha value is -1.84. The van der Waals surface area contributed by atoms with Crippen LogP contribution in [-0.2, 0) is 9.59 Å². The van der Waals surface area contributed by atoms with Crippen LogP contribution in [0.1, 0.15) is 19.8 Å². The van der Waals surface area contributed by atoms with Crippen molar-refractivity contribution >= 4 is 11.9 Å². The van der Waals surface area contributed by atoms with Crippen molar-refractivity contribution in [1.82, 2.24) is 5.32 Å². The highest BCUT2D eigenvalue weighted by Gasteiger charge is 2.08. The van der Waals surface area contributed by atoms with Gasteiger partial charge in [-0.05, 0) is 18.9 Å². The molecule has 4 nitrogen and oxygen atoms in total. The summed E-state index contributed by atoms with van der Waals surface area (Å²) < 4.78 is 0. The van der Waals surface area contributed by atoms with Gasteiger partial charge in [-0.2, -0.15) is 0 Å². The molecule has 0 aromatic heterocycles. The summed E-state index contributed by atoms with van der Waals surface area (Å²) in [6, 6.07) is 0. The smallest absolute Gasteiger partial charge is 0.322 e. The largest absolute Gasteiger partial charge is 0.480 e. The second kappa shape index (κ2) is 5.90. The fourth-order valence-corrected chi connectivity index (χ4v) is 1.34. The van der Waals surface area contributed by atoms with E-state index in [2.05, 4.69) is 12.2 Å². The lowest BCUT2D eigenvalue weighted by atomic mass is 10.1. The summed E-state index contributed by atoms with van der Waals surface area (Å²) >= 11 is 0. The zero-order valence-corrected chi connectivity index (χ0v) is 9.19. The minimum absolute atomic E-state index is 0.353. The predicted octanol–water partition coefficient (Wildman–Crippen LogP) is 1.41. The summed E-state index contributed by atoms with van der Waals surface area (Å²) in [5.41, 5.74) is 1.74. The number of rotatable bonds is 4. The molecule has 0 atom stereocenters. The van der Waals surface area contributed by atoms with Crippen molar-refractivity contribution in [3.05, 3.63) is 35.5 Å². The van der Waals surface area contributed by atoms with Crippen LogP contribution in [-0.4, -0.2) is 23.5 Å². The van der Waals surface area contributed by atoms with E-state index in [1.165, 1.54) is 5.57 Å². The lowest BCUT2D eigenvalue weighted by Crippen LogP contribution is -2.29. The van der Waals surface area contributed by atoms with E-state index in [1.807, 2.05) is 12.2 Å². The fraction of sp³-hybridized carbons (Fsp3) is 0.333. The molecule has 1 aliphatic rings. The van der Waals surface area contributed by atoms with Gasteiger partial charge in [-0.1, -0.05) is 30.7 Å². The number of aliphatic carboxylic acids is 1. The summed E-state index contributed by atoms with van der Waals surface area (Å²) in [6.45, 7) is 1.71. The van der Waals surface area contributed by atoms with Crippen LogP contribution in [0, 0.1) is 0 Å². The van der Waals surface area contributed by atoms with Crippen molar-refractivity contribution in [2.24, 2.45) is 0 Å². The first kappa shape index (κ1) is 12.2. The van der Waals surface area contributed by atoms with Crippen LogP contribution < -0.4 is 5.32 Å². The Bertz CT molecular complexity index is 378. The molecule has 0 aromatic carbocycles. The van der Waals surface area contributed by atoms with Gasteiger partial charge in [-0.15, -0.1) is 0 Å². The second-order valence-electron chi connectivity index (χ2n) is 3.48. The number of carboxylic acid groups (broad SMARTS) is 1. The fourth-order valence-electron chi connectivity index (χ4n) is 1.34. The molecule has 0 aromatic rings. The highest BCUT2D eigenvalue weighted by atomic mass is 16.4. The van der Waals surface area contributed by atoms with Gasteiger partial charge in [0.15, 0.2) is 0 Å². The third-order valence-electron chi connectivity index (χ3n) is 2.29. The number of nitrogens with one attached hydrogen (secondary N) is 1. The van der Waals surface area contributed by atoms with Gasteiger partial charge in [-0.3, -0.25) is 9.59 Å². The minimum Gasteiger partial charge on any atom is -0.480 e. The molecular formula is C12H15NO3. The molecule has 0 spiro atoms. The van der Waals surface area contributed by atoms with Crippen LogP contribution in [0.4, 0.5) is 0 Å². The number of hydrogen-bond acceptors (Lipinski definition) is 2. The van der Waals surface area contributed by atoms with Gasteiger partial charge >= 0.3 is 5.97 Å². The highest BCUT2D eigenvalue weighted by Crippen LogP contribution is 2.13. The standard InChI is InChI=1S/C12H15NO3/c1-2-9-4-3-5-10(7-6-9)12(16)13-8-11(14)15/h3,5-7H,2,4,8H2,1H3,(H,13,16)(H,14,15).